The Balaban J connectivity index is 2.17. The monoisotopic (exact) mass is 317 g/mol. The van der Waals surface area contributed by atoms with Gasteiger partial charge >= 0.3 is 6.18 Å². The molecule has 0 amide bonds. The van der Waals surface area contributed by atoms with Crippen molar-refractivity contribution >= 4 is 23.1 Å². The molecular formula is C12H14F3N5S. The van der Waals surface area contributed by atoms with Crippen molar-refractivity contribution in [3.63, 3.8) is 0 Å². The van der Waals surface area contributed by atoms with Crippen LogP contribution in [0.2, 0.25) is 0 Å². The standard InChI is InChI=1S/C12H14F3N5S/c1-2-3-17-11-19-8(12(13,14)15)6-9(20-11)18-7-10-16-4-5-21-10/h4-6H,2-3,7H2,1H3,(H2,17,18,19,20). The Bertz CT molecular complexity index is 571. The molecule has 0 bridgehead atoms. The van der Waals surface area contributed by atoms with E-state index < -0.39 is 11.9 Å². The lowest BCUT2D eigenvalue weighted by molar-refractivity contribution is -0.141. The highest BCUT2D eigenvalue weighted by molar-refractivity contribution is 7.09. The first kappa shape index (κ1) is 15.5. The molecule has 2 heterocycles. The first-order valence-corrected chi connectivity index (χ1v) is 7.19. The Labute approximate surface area is 123 Å². The van der Waals surface area contributed by atoms with Crippen molar-refractivity contribution in [1.82, 2.24) is 15.0 Å². The van der Waals surface area contributed by atoms with Crippen LogP contribution in [0.5, 0.6) is 0 Å². The van der Waals surface area contributed by atoms with E-state index in [0.717, 1.165) is 17.5 Å². The SMILES string of the molecule is CCCNc1nc(NCc2nccs2)cc(C(F)(F)F)n1. The van der Waals surface area contributed by atoms with Gasteiger partial charge in [0.1, 0.15) is 10.8 Å². The molecule has 2 N–H and O–H groups in total. The average Bonchev–Trinajstić information content (AvgIpc) is 2.95. The van der Waals surface area contributed by atoms with Crippen LogP contribution in [-0.4, -0.2) is 21.5 Å². The molecular weight excluding hydrogens is 303 g/mol. The molecule has 0 spiro atoms. The fourth-order valence-electron chi connectivity index (χ4n) is 1.51. The number of anilines is 2. The van der Waals surface area contributed by atoms with Crippen molar-refractivity contribution in [2.45, 2.75) is 26.1 Å². The number of aromatic nitrogens is 3. The van der Waals surface area contributed by atoms with Gasteiger partial charge in [0.2, 0.25) is 5.95 Å². The molecule has 21 heavy (non-hydrogen) atoms. The quantitative estimate of drug-likeness (QED) is 0.855. The second-order valence-corrected chi connectivity index (χ2v) is 5.15. The number of halogens is 3. The smallest absolute Gasteiger partial charge is 0.363 e. The summed E-state index contributed by atoms with van der Waals surface area (Å²) in [7, 11) is 0. The number of rotatable bonds is 6. The van der Waals surface area contributed by atoms with Gasteiger partial charge in [-0.1, -0.05) is 6.92 Å². The number of nitrogens with one attached hydrogen (secondary N) is 2. The molecule has 0 aliphatic carbocycles. The van der Waals surface area contributed by atoms with Crippen molar-refractivity contribution in [3.8, 4) is 0 Å². The Hall–Kier alpha value is -1.90. The molecule has 0 aliphatic rings. The minimum Gasteiger partial charge on any atom is -0.363 e. The molecule has 0 saturated carbocycles. The van der Waals surface area contributed by atoms with E-state index in [1.807, 2.05) is 6.92 Å². The van der Waals surface area contributed by atoms with Gasteiger partial charge in [-0.25, -0.2) is 9.97 Å². The summed E-state index contributed by atoms with van der Waals surface area (Å²) in [5, 5.41) is 8.17. The summed E-state index contributed by atoms with van der Waals surface area (Å²) < 4.78 is 38.5. The third-order valence-electron chi connectivity index (χ3n) is 2.45. The van der Waals surface area contributed by atoms with Crippen LogP contribution in [-0.2, 0) is 12.7 Å². The van der Waals surface area contributed by atoms with Gasteiger partial charge in [0, 0.05) is 24.2 Å². The lowest BCUT2D eigenvalue weighted by Crippen LogP contribution is -2.14. The van der Waals surface area contributed by atoms with Gasteiger partial charge in [0.25, 0.3) is 0 Å². The summed E-state index contributed by atoms with van der Waals surface area (Å²) in [6.45, 7) is 2.73. The Morgan fingerprint density at radius 3 is 2.67 bits per heavy atom. The molecule has 2 aromatic rings. The molecule has 0 aliphatic heterocycles. The minimum absolute atomic E-state index is 0.0340. The Morgan fingerprint density at radius 1 is 1.24 bits per heavy atom. The summed E-state index contributed by atoms with van der Waals surface area (Å²) in [5.41, 5.74) is -0.974. The van der Waals surface area contributed by atoms with Gasteiger partial charge in [0.15, 0.2) is 5.69 Å². The molecule has 0 aromatic carbocycles. The minimum atomic E-state index is -4.51. The highest BCUT2D eigenvalue weighted by Crippen LogP contribution is 2.29. The first-order chi connectivity index (χ1) is 9.99. The van der Waals surface area contributed by atoms with Crippen molar-refractivity contribution in [1.29, 1.82) is 0 Å². The summed E-state index contributed by atoms with van der Waals surface area (Å²) >= 11 is 1.42. The van der Waals surface area contributed by atoms with Crippen molar-refractivity contribution in [2.75, 3.05) is 17.2 Å². The molecule has 9 heteroatoms. The van der Waals surface area contributed by atoms with Crippen molar-refractivity contribution in [2.24, 2.45) is 0 Å². The second kappa shape index (κ2) is 6.70. The highest BCUT2D eigenvalue weighted by Gasteiger charge is 2.33. The Kier molecular flexibility index (Phi) is 4.94. The molecule has 114 valence electrons. The number of hydrogen-bond acceptors (Lipinski definition) is 6. The van der Waals surface area contributed by atoms with Crippen LogP contribution in [0, 0.1) is 0 Å². The van der Waals surface area contributed by atoms with Crippen LogP contribution >= 0.6 is 11.3 Å². The van der Waals surface area contributed by atoms with Gasteiger partial charge in [0.05, 0.1) is 6.54 Å². The van der Waals surface area contributed by atoms with Crippen LogP contribution in [0.25, 0.3) is 0 Å². The topological polar surface area (TPSA) is 62.7 Å². The molecule has 0 fully saturated rings. The van der Waals surface area contributed by atoms with Gasteiger partial charge in [-0.05, 0) is 6.42 Å². The number of nitrogens with zero attached hydrogens (tertiary/aromatic N) is 3. The summed E-state index contributed by atoms with van der Waals surface area (Å²) in [6.07, 6.45) is -2.11. The van der Waals surface area contributed by atoms with E-state index >= 15 is 0 Å². The van der Waals surface area contributed by atoms with Gasteiger partial charge in [-0.2, -0.15) is 18.2 Å². The van der Waals surface area contributed by atoms with E-state index in [2.05, 4.69) is 25.6 Å². The largest absolute Gasteiger partial charge is 0.433 e. The third kappa shape index (κ3) is 4.55. The molecule has 0 radical (unpaired) electrons. The van der Waals surface area contributed by atoms with Gasteiger partial charge in [-0.15, -0.1) is 11.3 Å². The second-order valence-electron chi connectivity index (χ2n) is 4.17. The van der Waals surface area contributed by atoms with Crippen molar-refractivity contribution < 1.29 is 13.2 Å². The molecule has 0 saturated heterocycles. The molecule has 5 nitrogen and oxygen atoms in total. The Morgan fingerprint density at radius 2 is 2.05 bits per heavy atom. The maximum atomic E-state index is 12.8. The molecule has 0 atom stereocenters. The van der Waals surface area contributed by atoms with E-state index in [1.165, 1.54) is 11.3 Å². The van der Waals surface area contributed by atoms with Crippen LogP contribution in [0.15, 0.2) is 17.6 Å². The van der Waals surface area contributed by atoms with E-state index in [0.29, 0.717) is 13.1 Å². The van der Waals surface area contributed by atoms with E-state index in [9.17, 15) is 13.2 Å². The lowest BCUT2D eigenvalue weighted by atomic mass is 10.3. The van der Waals surface area contributed by atoms with Crippen LogP contribution in [0.4, 0.5) is 24.9 Å². The number of hydrogen-bond donors (Lipinski definition) is 2. The summed E-state index contributed by atoms with van der Waals surface area (Å²) in [6, 6.07) is 0.894. The number of alkyl halides is 3. The summed E-state index contributed by atoms with van der Waals surface area (Å²) in [4.78, 5) is 11.6. The first-order valence-electron chi connectivity index (χ1n) is 6.31. The highest BCUT2D eigenvalue weighted by atomic mass is 32.1. The van der Waals surface area contributed by atoms with Crippen LogP contribution in [0.1, 0.15) is 24.0 Å². The zero-order chi connectivity index (χ0) is 15.3. The lowest BCUT2D eigenvalue weighted by Gasteiger charge is -2.12. The third-order valence-corrected chi connectivity index (χ3v) is 3.23. The molecule has 2 rings (SSSR count). The molecule has 2 aromatic heterocycles. The summed E-state index contributed by atoms with van der Waals surface area (Å²) in [5.74, 6) is 0.0828. The van der Waals surface area contributed by atoms with Gasteiger partial charge < -0.3 is 10.6 Å². The maximum absolute atomic E-state index is 12.8. The zero-order valence-corrected chi connectivity index (χ0v) is 12.1. The van der Waals surface area contributed by atoms with Gasteiger partial charge in [-0.3, -0.25) is 0 Å². The van der Waals surface area contributed by atoms with E-state index in [4.69, 9.17) is 0 Å². The normalized spacial score (nSPS) is 11.4. The average molecular weight is 317 g/mol. The predicted octanol–water partition coefficient (Wildman–Crippen LogP) is 3.39. The van der Waals surface area contributed by atoms with Crippen molar-refractivity contribution in [3.05, 3.63) is 28.3 Å². The van der Waals surface area contributed by atoms with E-state index in [1.54, 1.807) is 11.6 Å². The molecule has 0 unspecified atom stereocenters. The predicted molar refractivity (Wildman–Crippen MR) is 75.3 cm³/mol. The zero-order valence-electron chi connectivity index (χ0n) is 11.2. The maximum Gasteiger partial charge on any atom is 0.433 e. The number of thiazole rings is 1. The van der Waals surface area contributed by atoms with Crippen LogP contribution in [0.3, 0.4) is 0 Å². The van der Waals surface area contributed by atoms with Crippen LogP contribution < -0.4 is 10.6 Å². The van der Waals surface area contributed by atoms with E-state index in [-0.39, 0.29) is 11.8 Å². The fraction of sp³-hybridized carbons (Fsp3) is 0.417. The fourth-order valence-corrected chi connectivity index (χ4v) is 2.06.